The van der Waals surface area contributed by atoms with Crippen LogP contribution < -0.4 is 5.32 Å². The van der Waals surface area contributed by atoms with Gasteiger partial charge >= 0.3 is 0 Å². The van der Waals surface area contributed by atoms with Gasteiger partial charge in [0.2, 0.25) is 5.91 Å². The Hall–Kier alpha value is -2.22. The van der Waals surface area contributed by atoms with E-state index in [1.165, 1.54) is 11.8 Å². The van der Waals surface area contributed by atoms with Crippen molar-refractivity contribution in [1.82, 2.24) is 0 Å². The van der Waals surface area contributed by atoms with Gasteiger partial charge in [0.15, 0.2) is 11.6 Å². The maximum absolute atomic E-state index is 13.6. The number of rotatable bonds is 6. The SMILES string of the molecule is C[C@@H]1CC2C3CCC4=CC(=O)C=CC4(C)C3[C@@H](O)CC2(C)[C@@]1(O)C(=O)CSCC(=O)Nc1ccccc1. The highest BCUT2D eigenvalue weighted by Crippen LogP contribution is 2.68. The van der Waals surface area contributed by atoms with E-state index < -0.39 is 17.1 Å². The van der Waals surface area contributed by atoms with Crippen molar-refractivity contribution in [3.63, 3.8) is 0 Å². The zero-order valence-corrected chi connectivity index (χ0v) is 22.6. The smallest absolute Gasteiger partial charge is 0.234 e. The zero-order chi connectivity index (χ0) is 26.6. The minimum atomic E-state index is -1.55. The van der Waals surface area contributed by atoms with Crippen molar-refractivity contribution in [3.05, 3.63) is 54.1 Å². The number of hydrogen-bond donors (Lipinski definition) is 3. The van der Waals surface area contributed by atoms with E-state index in [1.807, 2.05) is 50.3 Å². The zero-order valence-electron chi connectivity index (χ0n) is 21.8. The molecule has 4 aliphatic carbocycles. The van der Waals surface area contributed by atoms with Crippen molar-refractivity contribution in [2.45, 2.75) is 58.2 Å². The van der Waals surface area contributed by atoms with Crippen molar-refractivity contribution >= 4 is 34.9 Å². The first-order valence-corrected chi connectivity index (χ1v) is 14.5. The summed E-state index contributed by atoms with van der Waals surface area (Å²) in [7, 11) is 0. The number of carbonyl (C=O) groups is 3. The van der Waals surface area contributed by atoms with Crippen molar-refractivity contribution in [2.24, 2.45) is 34.5 Å². The summed E-state index contributed by atoms with van der Waals surface area (Å²) in [6, 6.07) is 9.19. The standard InChI is InChI=1S/C30H37NO5S/c1-18-13-23-22-10-9-19-14-21(32)11-12-28(19,2)27(22)24(33)15-29(23,3)30(18,36)25(34)16-37-17-26(35)31-20-7-5-4-6-8-20/h4-8,11-12,14,18,22-24,27,33,36H,9-10,13,15-17H2,1-3H3,(H,31,35)/t18-,22?,23?,24+,27?,28?,29?,30+/m1/s1. The molecular weight excluding hydrogens is 486 g/mol. The Bertz CT molecular complexity index is 1160. The number of amides is 1. The van der Waals surface area contributed by atoms with Gasteiger partial charge in [0.1, 0.15) is 5.60 Å². The number of ketones is 2. The van der Waals surface area contributed by atoms with Crippen LogP contribution >= 0.6 is 11.8 Å². The molecule has 4 aliphatic rings. The third kappa shape index (κ3) is 4.14. The van der Waals surface area contributed by atoms with E-state index in [0.717, 1.165) is 24.8 Å². The van der Waals surface area contributed by atoms with Crippen LogP contribution in [-0.2, 0) is 14.4 Å². The number of thioether (sulfide) groups is 1. The van der Waals surface area contributed by atoms with Crippen molar-refractivity contribution in [2.75, 3.05) is 16.8 Å². The molecule has 8 atom stereocenters. The lowest BCUT2D eigenvalue weighted by molar-refractivity contribution is -0.179. The number of benzene rings is 1. The number of Topliss-reactive ketones (excluding diaryl/α,β-unsaturated/α-hetero) is 1. The molecule has 0 aliphatic heterocycles. The first-order valence-electron chi connectivity index (χ1n) is 13.3. The Labute approximate surface area is 223 Å². The largest absolute Gasteiger partial charge is 0.393 e. The van der Waals surface area contributed by atoms with Gasteiger partial charge in [0, 0.05) is 22.4 Å². The molecule has 198 valence electrons. The summed E-state index contributed by atoms with van der Waals surface area (Å²) in [6.45, 7) is 6.06. The number of fused-ring (bicyclic) bond motifs is 5. The van der Waals surface area contributed by atoms with Crippen LogP contribution in [0, 0.1) is 34.5 Å². The molecule has 3 fully saturated rings. The number of allylic oxidation sites excluding steroid dienone is 4. The molecule has 3 N–H and O–H groups in total. The number of aliphatic hydroxyl groups excluding tert-OH is 1. The number of hydrogen-bond acceptors (Lipinski definition) is 6. The predicted octanol–water partition coefficient (Wildman–Crippen LogP) is 4.18. The van der Waals surface area contributed by atoms with Gasteiger partial charge in [-0.05, 0) is 67.7 Å². The summed E-state index contributed by atoms with van der Waals surface area (Å²) in [5.41, 5.74) is -0.885. The highest BCUT2D eigenvalue weighted by atomic mass is 32.2. The van der Waals surface area contributed by atoms with Crippen molar-refractivity contribution < 1.29 is 24.6 Å². The number of aliphatic hydroxyl groups is 2. The molecule has 5 unspecified atom stereocenters. The Balaban J connectivity index is 1.31. The van der Waals surface area contributed by atoms with Gasteiger partial charge in [0.25, 0.3) is 0 Å². The molecule has 0 heterocycles. The molecule has 1 amide bonds. The Morgan fingerprint density at radius 3 is 2.62 bits per heavy atom. The van der Waals surface area contributed by atoms with Crippen molar-refractivity contribution in [3.8, 4) is 0 Å². The van der Waals surface area contributed by atoms with Crippen molar-refractivity contribution in [1.29, 1.82) is 0 Å². The van der Waals surface area contributed by atoms with Crippen LogP contribution in [0.5, 0.6) is 0 Å². The molecule has 5 rings (SSSR count). The monoisotopic (exact) mass is 523 g/mol. The third-order valence-corrected chi connectivity index (χ3v) is 11.0. The molecule has 37 heavy (non-hydrogen) atoms. The highest BCUT2D eigenvalue weighted by molar-refractivity contribution is 8.00. The summed E-state index contributed by atoms with van der Waals surface area (Å²) >= 11 is 1.22. The molecule has 0 spiro atoms. The fourth-order valence-corrected chi connectivity index (χ4v) is 9.08. The van der Waals surface area contributed by atoms with Gasteiger partial charge in [0.05, 0.1) is 17.6 Å². The molecule has 1 aromatic carbocycles. The van der Waals surface area contributed by atoms with Crippen LogP contribution in [0.1, 0.15) is 46.5 Å². The maximum atomic E-state index is 13.6. The van der Waals surface area contributed by atoms with Gasteiger partial charge in [-0.1, -0.05) is 50.6 Å². The molecular formula is C30H37NO5S. The van der Waals surface area contributed by atoms with E-state index in [1.54, 1.807) is 12.2 Å². The topological polar surface area (TPSA) is 104 Å². The van der Waals surface area contributed by atoms with Crippen LogP contribution in [0.15, 0.2) is 54.1 Å². The van der Waals surface area contributed by atoms with Gasteiger partial charge in [-0.25, -0.2) is 0 Å². The summed E-state index contributed by atoms with van der Waals surface area (Å²) in [5, 5.41) is 26.5. The minimum Gasteiger partial charge on any atom is -0.393 e. The van der Waals surface area contributed by atoms with Gasteiger partial charge < -0.3 is 15.5 Å². The average Bonchev–Trinajstić information content (AvgIpc) is 3.06. The van der Waals surface area contributed by atoms with E-state index in [0.29, 0.717) is 12.1 Å². The third-order valence-electron chi connectivity index (χ3n) is 10.0. The fourth-order valence-electron chi connectivity index (χ4n) is 8.32. The Morgan fingerprint density at radius 1 is 1.16 bits per heavy atom. The van der Waals surface area contributed by atoms with E-state index in [2.05, 4.69) is 12.2 Å². The van der Waals surface area contributed by atoms with E-state index in [4.69, 9.17) is 0 Å². The molecule has 0 saturated heterocycles. The lowest BCUT2D eigenvalue weighted by Crippen LogP contribution is -2.62. The maximum Gasteiger partial charge on any atom is 0.234 e. The van der Waals surface area contributed by atoms with E-state index in [9.17, 15) is 24.6 Å². The molecule has 1 aromatic rings. The number of anilines is 1. The molecule has 6 nitrogen and oxygen atoms in total. The lowest BCUT2D eigenvalue weighted by Gasteiger charge is -2.59. The summed E-state index contributed by atoms with van der Waals surface area (Å²) in [5.74, 6) is -0.299. The summed E-state index contributed by atoms with van der Waals surface area (Å²) < 4.78 is 0. The second-order valence-corrected chi connectivity index (χ2v) is 12.9. The molecule has 3 saturated carbocycles. The normalized spacial score (nSPS) is 40.3. The Kier molecular flexibility index (Phi) is 6.78. The number of nitrogens with one attached hydrogen (secondary N) is 1. The van der Waals surface area contributed by atoms with Crippen LogP contribution in [-0.4, -0.2) is 50.9 Å². The Morgan fingerprint density at radius 2 is 1.89 bits per heavy atom. The van der Waals surface area contributed by atoms with Crippen LogP contribution in [0.25, 0.3) is 0 Å². The first-order chi connectivity index (χ1) is 17.5. The second-order valence-electron chi connectivity index (χ2n) is 11.9. The van der Waals surface area contributed by atoms with E-state index >= 15 is 0 Å². The fraction of sp³-hybridized carbons (Fsp3) is 0.567. The van der Waals surface area contributed by atoms with Gasteiger partial charge in [-0.3, -0.25) is 14.4 Å². The number of para-hydroxylation sites is 1. The molecule has 0 radical (unpaired) electrons. The second kappa shape index (κ2) is 9.51. The number of carbonyl (C=O) groups excluding carboxylic acids is 3. The van der Waals surface area contributed by atoms with Gasteiger partial charge in [-0.15, -0.1) is 11.8 Å². The first kappa shape index (κ1) is 26.4. The quantitative estimate of drug-likeness (QED) is 0.517. The minimum absolute atomic E-state index is 0.00507. The molecule has 7 heteroatoms. The lowest BCUT2D eigenvalue weighted by atomic mass is 9.46. The summed E-state index contributed by atoms with van der Waals surface area (Å²) in [4.78, 5) is 38.0. The van der Waals surface area contributed by atoms with Gasteiger partial charge in [-0.2, -0.15) is 0 Å². The molecule has 0 bridgehead atoms. The van der Waals surface area contributed by atoms with Crippen LogP contribution in [0.3, 0.4) is 0 Å². The highest BCUT2D eigenvalue weighted by Gasteiger charge is 2.70. The predicted molar refractivity (Wildman–Crippen MR) is 145 cm³/mol. The summed E-state index contributed by atoms with van der Waals surface area (Å²) in [6.07, 6.45) is 7.34. The van der Waals surface area contributed by atoms with E-state index in [-0.39, 0.29) is 58.1 Å². The van der Waals surface area contributed by atoms with Crippen LogP contribution in [0.4, 0.5) is 5.69 Å². The average molecular weight is 524 g/mol. The van der Waals surface area contributed by atoms with Crippen LogP contribution in [0.2, 0.25) is 0 Å². The molecule has 0 aromatic heterocycles.